The first-order chi connectivity index (χ1) is 13.0. The summed E-state index contributed by atoms with van der Waals surface area (Å²) in [4.78, 5) is 18.5. The third-order valence-corrected chi connectivity index (χ3v) is 3.70. The number of amides is 1. The number of allylic oxidation sites excluding steroid dienone is 4. The predicted molar refractivity (Wildman–Crippen MR) is 111 cm³/mol. The topological polar surface area (TPSA) is 80.0 Å². The molecule has 0 saturated heterocycles. The number of carbonyl (C=O) groups excluding carboxylic acids is 1. The van der Waals surface area contributed by atoms with Crippen molar-refractivity contribution in [2.45, 2.75) is 33.6 Å². The Morgan fingerprint density at radius 3 is 2.78 bits per heavy atom. The number of hydrogen-bond donors (Lipinski definition) is 2. The molecule has 0 aliphatic carbocycles. The highest BCUT2D eigenvalue weighted by molar-refractivity contribution is 6.10. The normalized spacial score (nSPS) is 16.5. The summed E-state index contributed by atoms with van der Waals surface area (Å²) in [5.41, 5.74) is 9.31. The fourth-order valence-electron chi connectivity index (χ4n) is 2.35. The Bertz CT molecular complexity index is 735. The molecule has 3 N–H and O–H groups in total. The summed E-state index contributed by atoms with van der Waals surface area (Å²) in [6, 6.07) is 8.02. The zero-order valence-corrected chi connectivity index (χ0v) is 16.8. The Hall–Kier alpha value is -2.86. The van der Waals surface area contributed by atoms with Gasteiger partial charge in [-0.05, 0) is 30.7 Å². The zero-order valence-electron chi connectivity index (χ0n) is 16.8. The number of aliphatic imine (C=N–C) groups is 1. The van der Waals surface area contributed by atoms with E-state index in [2.05, 4.69) is 10.3 Å². The summed E-state index contributed by atoms with van der Waals surface area (Å²) < 4.78 is 4.83. The minimum atomic E-state index is -0.601. The van der Waals surface area contributed by atoms with Crippen LogP contribution >= 0.6 is 0 Å². The maximum atomic E-state index is 12.5. The predicted octanol–water partition coefficient (Wildman–Crippen LogP) is 2.87. The van der Waals surface area contributed by atoms with Gasteiger partial charge in [0.05, 0.1) is 19.1 Å². The minimum Gasteiger partial charge on any atom is -0.504 e. The van der Waals surface area contributed by atoms with Crippen LogP contribution in [-0.2, 0) is 16.1 Å². The third-order valence-electron chi connectivity index (χ3n) is 3.70. The molecule has 1 unspecified atom stereocenters. The van der Waals surface area contributed by atoms with Gasteiger partial charge in [0.15, 0.2) is 6.29 Å². The Morgan fingerprint density at radius 1 is 1.37 bits per heavy atom. The minimum absolute atomic E-state index is 0.187. The molecule has 2 rings (SSSR count). The molecule has 1 atom stereocenters. The van der Waals surface area contributed by atoms with Gasteiger partial charge in [-0.1, -0.05) is 49.8 Å². The van der Waals surface area contributed by atoms with Gasteiger partial charge in [-0.15, -0.1) is 0 Å². The summed E-state index contributed by atoms with van der Waals surface area (Å²) in [6.07, 6.45) is 7.94. The fraction of sp³-hybridized carbons (Fsp3) is 0.333. The second-order valence-corrected chi connectivity index (χ2v) is 5.70. The molecule has 1 aromatic carbocycles. The number of benzene rings is 1. The molecule has 146 valence electrons. The number of ether oxygens (including phenoxy) is 1. The van der Waals surface area contributed by atoms with E-state index in [0.29, 0.717) is 18.0 Å². The Morgan fingerprint density at radius 2 is 2.11 bits per heavy atom. The van der Waals surface area contributed by atoms with Crippen LogP contribution in [-0.4, -0.2) is 37.0 Å². The van der Waals surface area contributed by atoms with Crippen LogP contribution in [0.2, 0.25) is 0 Å². The number of nitrogens with zero attached hydrogens (tertiary/aromatic N) is 2. The van der Waals surface area contributed by atoms with Gasteiger partial charge in [-0.3, -0.25) is 10.5 Å². The molecule has 0 bridgehead atoms. The fourth-order valence-corrected chi connectivity index (χ4v) is 2.35. The quantitative estimate of drug-likeness (QED) is 0.596. The summed E-state index contributed by atoms with van der Waals surface area (Å²) in [7, 11) is 3.32. The van der Waals surface area contributed by atoms with Gasteiger partial charge in [0, 0.05) is 13.6 Å². The van der Waals surface area contributed by atoms with E-state index in [1.807, 2.05) is 45.0 Å². The second kappa shape index (κ2) is 11.7. The molecule has 0 fully saturated rings. The zero-order chi connectivity index (χ0) is 20.2. The highest BCUT2D eigenvalue weighted by Gasteiger charge is 2.22. The largest absolute Gasteiger partial charge is 0.504 e. The van der Waals surface area contributed by atoms with E-state index in [4.69, 9.17) is 10.5 Å². The number of likely N-dealkylation sites (N-methyl/N-ethyl adjacent to an activating group) is 1. The van der Waals surface area contributed by atoms with Gasteiger partial charge in [0.1, 0.15) is 5.70 Å². The lowest BCUT2D eigenvalue weighted by Crippen LogP contribution is -2.44. The van der Waals surface area contributed by atoms with Crippen LogP contribution in [0.15, 0.2) is 65.5 Å². The van der Waals surface area contributed by atoms with E-state index in [1.54, 1.807) is 49.6 Å². The number of rotatable bonds is 6. The Kier molecular flexibility index (Phi) is 9.61. The maximum Gasteiger partial charge on any atom is 0.268 e. The van der Waals surface area contributed by atoms with E-state index in [9.17, 15) is 4.79 Å². The smallest absolute Gasteiger partial charge is 0.268 e. The average molecular weight is 370 g/mol. The van der Waals surface area contributed by atoms with Gasteiger partial charge in [-0.25, -0.2) is 4.99 Å². The molecule has 0 spiro atoms. The molecule has 6 heteroatoms. The van der Waals surface area contributed by atoms with Crippen LogP contribution < -0.4 is 11.1 Å². The summed E-state index contributed by atoms with van der Waals surface area (Å²) in [6.45, 7) is 6.48. The summed E-state index contributed by atoms with van der Waals surface area (Å²) in [5, 5.41) is 2.93. The number of hydrogen-bond acceptors (Lipinski definition) is 5. The first-order valence-electron chi connectivity index (χ1n) is 8.99. The first kappa shape index (κ1) is 22.2. The van der Waals surface area contributed by atoms with Crippen molar-refractivity contribution in [3.8, 4) is 0 Å². The van der Waals surface area contributed by atoms with Crippen LogP contribution in [0.1, 0.15) is 25.0 Å². The Balaban J connectivity index is 0.00000176. The lowest BCUT2D eigenvalue weighted by molar-refractivity contribution is -0.119. The van der Waals surface area contributed by atoms with Gasteiger partial charge in [0.25, 0.3) is 5.91 Å². The van der Waals surface area contributed by atoms with Gasteiger partial charge in [-0.2, -0.15) is 0 Å². The van der Waals surface area contributed by atoms with Crippen molar-refractivity contribution < 1.29 is 9.53 Å². The first-order valence-corrected chi connectivity index (χ1v) is 8.99. The SMILES string of the molecule is CC.CO/C=C\C=C\C1=NC(N)N(C)C(C(=O)NCc2cccc(C)c2)=C1. The van der Waals surface area contributed by atoms with Gasteiger partial charge >= 0.3 is 0 Å². The molecule has 0 radical (unpaired) electrons. The van der Waals surface area contributed by atoms with Crippen LogP contribution in [0.3, 0.4) is 0 Å². The van der Waals surface area contributed by atoms with Crippen LogP contribution in [0.4, 0.5) is 0 Å². The maximum absolute atomic E-state index is 12.5. The molecule has 1 heterocycles. The molecular weight excluding hydrogens is 340 g/mol. The average Bonchev–Trinajstić information content (AvgIpc) is 2.67. The van der Waals surface area contributed by atoms with E-state index in [0.717, 1.165) is 11.1 Å². The molecule has 0 saturated carbocycles. The molecule has 1 aliphatic rings. The van der Waals surface area contributed by atoms with Crippen LogP contribution in [0.5, 0.6) is 0 Å². The lowest BCUT2D eigenvalue weighted by Gasteiger charge is -2.29. The van der Waals surface area contributed by atoms with Gasteiger partial charge < -0.3 is 15.0 Å². The molecule has 1 aromatic rings. The van der Waals surface area contributed by atoms with Crippen molar-refractivity contribution in [2.24, 2.45) is 10.7 Å². The molecular formula is C21H30N4O2. The highest BCUT2D eigenvalue weighted by atomic mass is 16.5. The molecule has 27 heavy (non-hydrogen) atoms. The van der Waals surface area contributed by atoms with Crippen LogP contribution in [0.25, 0.3) is 0 Å². The third kappa shape index (κ3) is 7.11. The number of methoxy groups -OCH3 is 1. The van der Waals surface area contributed by atoms with Crippen molar-refractivity contribution in [1.82, 2.24) is 10.2 Å². The van der Waals surface area contributed by atoms with E-state index < -0.39 is 6.29 Å². The van der Waals surface area contributed by atoms with E-state index in [1.165, 1.54) is 0 Å². The van der Waals surface area contributed by atoms with Crippen molar-refractivity contribution >= 4 is 11.6 Å². The summed E-state index contributed by atoms with van der Waals surface area (Å²) in [5.74, 6) is -0.187. The molecule has 1 aliphatic heterocycles. The molecule has 6 nitrogen and oxygen atoms in total. The van der Waals surface area contributed by atoms with Crippen molar-refractivity contribution in [3.63, 3.8) is 0 Å². The second-order valence-electron chi connectivity index (χ2n) is 5.70. The number of nitrogens with one attached hydrogen (secondary N) is 1. The van der Waals surface area contributed by atoms with Crippen molar-refractivity contribution in [3.05, 3.63) is 71.7 Å². The summed E-state index contributed by atoms with van der Waals surface area (Å²) >= 11 is 0. The standard InChI is InChI=1S/C19H24N4O2.C2H6/c1-14-7-6-8-15(11-14)13-21-18(24)17-12-16(9-4-5-10-25-3)22-19(20)23(17)2;1-2/h4-12,19H,13,20H2,1-3H3,(H,21,24);1-2H3/b9-4+,10-5-;. The van der Waals surface area contributed by atoms with Crippen molar-refractivity contribution in [1.29, 1.82) is 0 Å². The monoisotopic (exact) mass is 370 g/mol. The molecule has 0 aromatic heterocycles. The highest BCUT2D eigenvalue weighted by Crippen LogP contribution is 2.13. The lowest BCUT2D eigenvalue weighted by atomic mass is 10.1. The van der Waals surface area contributed by atoms with E-state index >= 15 is 0 Å². The van der Waals surface area contributed by atoms with E-state index in [-0.39, 0.29) is 5.91 Å². The number of aryl methyl sites for hydroxylation is 1. The number of carbonyl (C=O) groups is 1. The van der Waals surface area contributed by atoms with Crippen LogP contribution in [0, 0.1) is 6.92 Å². The molecule has 1 amide bonds. The van der Waals surface area contributed by atoms with Crippen molar-refractivity contribution in [2.75, 3.05) is 14.2 Å². The Labute approximate surface area is 162 Å². The van der Waals surface area contributed by atoms with Gasteiger partial charge in [0.2, 0.25) is 0 Å². The number of nitrogens with two attached hydrogens (primary N) is 1.